The maximum Gasteiger partial charge on any atom is 0.319 e. The Kier molecular flexibility index (Phi) is 7.08. The smallest absolute Gasteiger partial charge is 0.319 e. The van der Waals surface area contributed by atoms with Crippen LogP contribution in [0.3, 0.4) is 0 Å². The molecule has 7 nitrogen and oxygen atoms in total. The van der Waals surface area contributed by atoms with Crippen molar-refractivity contribution in [3.63, 3.8) is 0 Å². The van der Waals surface area contributed by atoms with Crippen molar-refractivity contribution in [3.05, 3.63) is 54.6 Å². The number of carbonyl (C=O) groups excluding carboxylic acids is 2. The van der Waals surface area contributed by atoms with Crippen LogP contribution in [0, 0.1) is 5.92 Å². The standard InChI is InChI=1S/C22H28N4O3/c1-16(2)20(25-22(28)24-17-6-4-3-5-7-17)21(27)23-18-8-10-19(11-9-18)26-12-14-29-15-13-26/h3-11,16,20H,12-15H2,1-2H3,(H,23,27)(H2,24,25,28). The molecular formula is C22H28N4O3. The van der Waals surface area contributed by atoms with Crippen LogP contribution in [0.15, 0.2) is 54.6 Å². The summed E-state index contributed by atoms with van der Waals surface area (Å²) in [5.74, 6) is -0.313. The van der Waals surface area contributed by atoms with Gasteiger partial charge in [-0.05, 0) is 42.3 Å². The topological polar surface area (TPSA) is 82.7 Å². The third-order valence-electron chi connectivity index (χ3n) is 4.78. The van der Waals surface area contributed by atoms with Gasteiger partial charge in [0.15, 0.2) is 0 Å². The first-order valence-corrected chi connectivity index (χ1v) is 9.89. The number of anilines is 3. The average molecular weight is 396 g/mol. The van der Waals surface area contributed by atoms with Gasteiger partial charge >= 0.3 is 6.03 Å². The quantitative estimate of drug-likeness (QED) is 0.700. The molecule has 29 heavy (non-hydrogen) atoms. The number of para-hydroxylation sites is 1. The first kappa shape index (κ1) is 20.7. The van der Waals surface area contributed by atoms with Crippen LogP contribution in [0.4, 0.5) is 21.9 Å². The molecule has 1 atom stereocenters. The molecule has 2 aromatic rings. The maximum absolute atomic E-state index is 12.7. The van der Waals surface area contributed by atoms with E-state index in [4.69, 9.17) is 4.74 Å². The highest BCUT2D eigenvalue weighted by Crippen LogP contribution is 2.19. The lowest BCUT2D eigenvalue weighted by Gasteiger charge is -2.29. The van der Waals surface area contributed by atoms with Gasteiger partial charge in [-0.3, -0.25) is 4.79 Å². The van der Waals surface area contributed by atoms with Crippen LogP contribution in [0.5, 0.6) is 0 Å². The van der Waals surface area contributed by atoms with Crippen LogP contribution in [-0.4, -0.2) is 44.3 Å². The Bertz CT molecular complexity index is 803. The molecule has 0 spiro atoms. The molecule has 7 heteroatoms. The van der Waals surface area contributed by atoms with Gasteiger partial charge < -0.3 is 25.6 Å². The molecule has 3 rings (SSSR count). The molecule has 1 fully saturated rings. The number of benzene rings is 2. The molecule has 154 valence electrons. The molecule has 0 aromatic heterocycles. The molecule has 2 aromatic carbocycles. The summed E-state index contributed by atoms with van der Waals surface area (Å²) in [6, 6.07) is 15.8. The van der Waals surface area contributed by atoms with E-state index < -0.39 is 12.1 Å². The lowest BCUT2D eigenvalue weighted by Crippen LogP contribution is -2.48. The van der Waals surface area contributed by atoms with Crippen molar-refractivity contribution >= 4 is 29.0 Å². The number of amides is 3. The molecule has 1 unspecified atom stereocenters. The van der Waals surface area contributed by atoms with Gasteiger partial charge in [0.2, 0.25) is 5.91 Å². The fourth-order valence-electron chi connectivity index (χ4n) is 3.16. The van der Waals surface area contributed by atoms with Crippen LogP contribution in [0.25, 0.3) is 0 Å². The lowest BCUT2D eigenvalue weighted by atomic mass is 10.0. The average Bonchev–Trinajstić information content (AvgIpc) is 2.73. The Morgan fingerprint density at radius 1 is 0.897 bits per heavy atom. The second-order valence-corrected chi connectivity index (χ2v) is 7.32. The van der Waals surface area contributed by atoms with Crippen molar-refractivity contribution in [2.24, 2.45) is 5.92 Å². The predicted octanol–water partition coefficient (Wildman–Crippen LogP) is 3.31. The van der Waals surface area contributed by atoms with Gasteiger partial charge in [-0.15, -0.1) is 0 Å². The molecule has 1 heterocycles. The number of carbonyl (C=O) groups is 2. The van der Waals surface area contributed by atoms with E-state index in [2.05, 4.69) is 20.9 Å². The number of rotatable bonds is 6. The van der Waals surface area contributed by atoms with Gasteiger partial charge in [0, 0.05) is 30.2 Å². The van der Waals surface area contributed by atoms with Crippen LogP contribution < -0.4 is 20.9 Å². The fourth-order valence-corrected chi connectivity index (χ4v) is 3.16. The summed E-state index contributed by atoms with van der Waals surface area (Å²) in [5, 5.41) is 8.41. The fraction of sp³-hybridized carbons (Fsp3) is 0.364. The van der Waals surface area contributed by atoms with E-state index in [1.165, 1.54) is 0 Å². The van der Waals surface area contributed by atoms with Crippen molar-refractivity contribution in [3.8, 4) is 0 Å². The van der Waals surface area contributed by atoms with E-state index in [1.807, 2.05) is 56.3 Å². The second kappa shape index (κ2) is 9.93. The highest BCUT2D eigenvalue weighted by atomic mass is 16.5. The van der Waals surface area contributed by atoms with Crippen LogP contribution in [0.1, 0.15) is 13.8 Å². The minimum absolute atomic E-state index is 0.0656. The normalized spacial score (nSPS) is 14.9. The summed E-state index contributed by atoms with van der Waals surface area (Å²) in [5.41, 5.74) is 2.47. The maximum atomic E-state index is 12.7. The van der Waals surface area contributed by atoms with Gasteiger partial charge in [-0.25, -0.2) is 4.79 Å². The summed E-state index contributed by atoms with van der Waals surface area (Å²) in [6.07, 6.45) is 0. The molecule has 0 bridgehead atoms. The zero-order chi connectivity index (χ0) is 20.6. The van der Waals surface area contributed by atoms with Gasteiger partial charge in [-0.2, -0.15) is 0 Å². The predicted molar refractivity (Wildman–Crippen MR) is 115 cm³/mol. The number of morpholine rings is 1. The monoisotopic (exact) mass is 396 g/mol. The molecule has 1 saturated heterocycles. The zero-order valence-electron chi connectivity index (χ0n) is 16.9. The highest BCUT2D eigenvalue weighted by Gasteiger charge is 2.24. The Labute approximate surface area is 171 Å². The first-order valence-electron chi connectivity index (χ1n) is 9.89. The van der Waals surface area contributed by atoms with Crippen LogP contribution >= 0.6 is 0 Å². The van der Waals surface area contributed by atoms with Gasteiger partial charge in [-0.1, -0.05) is 32.0 Å². The third kappa shape index (κ3) is 5.96. The van der Waals surface area contributed by atoms with Crippen molar-refractivity contribution in [2.75, 3.05) is 41.8 Å². The Morgan fingerprint density at radius 3 is 2.14 bits per heavy atom. The van der Waals surface area contributed by atoms with E-state index in [9.17, 15) is 9.59 Å². The van der Waals surface area contributed by atoms with E-state index in [1.54, 1.807) is 12.1 Å². The van der Waals surface area contributed by atoms with E-state index in [0.29, 0.717) is 11.4 Å². The summed E-state index contributed by atoms with van der Waals surface area (Å²) in [7, 11) is 0. The Hall–Kier alpha value is -3.06. The van der Waals surface area contributed by atoms with Crippen molar-refractivity contribution in [1.29, 1.82) is 0 Å². The van der Waals surface area contributed by atoms with Gasteiger partial charge in [0.1, 0.15) is 6.04 Å². The van der Waals surface area contributed by atoms with E-state index in [0.717, 1.165) is 32.0 Å². The number of hydrogen-bond donors (Lipinski definition) is 3. The van der Waals surface area contributed by atoms with Crippen molar-refractivity contribution < 1.29 is 14.3 Å². The Balaban J connectivity index is 1.58. The van der Waals surface area contributed by atoms with Crippen molar-refractivity contribution in [2.45, 2.75) is 19.9 Å². The number of urea groups is 1. The molecular weight excluding hydrogens is 368 g/mol. The minimum Gasteiger partial charge on any atom is -0.378 e. The molecule has 3 amide bonds. The summed E-state index contributed by atoms with van der Waals surface area (Å²) >= 11 is 0. The Morgan fingerprint density at radius 2 is 1.52 bits per heavy atom. The lowest BCUT2D eigenvalue weighted by molar-refractivity contribution is -0.118. The zero-order valence-corrected chi connectivity index (χ0v) is 16.9. The van der Waals surface area contributed by atoms with E-state index in [-0.39, 0.29) is 11.8 Å². The largest absolute Gasteiger partial charge is 0.378 e. The minimum atomic E-state index is -0.655. The SMILES string of the molecule is CC(C)C(NC(=O)Nc1ccccc1)C(=O)Nc1ccc(N2CCOCC2)cc1. The highest BCUT2D eigenvalue weighted by molar-refractivity contribution is 5.99. The molecule has 1 aliphatic heterocycles. The number of nitrogens with zero attached hydrogens (tertiary/aromatic N) is 1. The molecule has 0 saturated carbocycles. The molecule has 0 radical (unpaired) electrons. The first-order chi connectivity index (χ1) is 14.0. The number of ether oxygens (including phenoxy) is 1. The third-order valence-corrected chi connectivity index (χ3v) is 4.78. The molecule has 0 aliphatic carbocycles. The van der Waals surface area contributed by atoms with E-state index >= 15 is 0 Å². The van der Waals surface area contributed by atoms with Gasteiger partial charge in [0.05, 0.1) is 13.2 Å². The van der Waals surface area contributed by atoms with Crippen LogP contribution in [0.2, 0.25) is 0 Å². The van der Waals surface area contributed by atoms with Crippen LogP contribution in [-0.2, 0) is 9.53 Å². The van der Waals surface area contributed by atoms with Gasteiger partial charge in [0.25, 0.3) is 0 Å². The number of hydrogen-bond acceptors (Lipinski definition) is 4. The molecule has 1 aliphatic rings. The van der Waals surface area contributed by atoms with Crippen molar-refractivity contribution in [1.82, 2.24) is 5.32 Å². The summed E-state index contributed by atoms with van der Waals surface area (Å²) in [4.78, 5) is 27.3. The molecule has 3 N–H and O–H groups in total. The summed E-state index contributed by atoms with van der Waals surface area (Å²) < 4.78 is 5.38. The summed E-state index contributed by atoms with van der Waals surface area (Å²) in [6.45, 7) is 6.98. The second-order valence-electron chi connectivity index (χ2n) is 7.32. The number of nitrogens with one attached hydrogen (secondary N) is 3.